The average Bonchev–Trinajstić information content (AvgIpc) is 3.24. The normalized spacial score (nSPS) is 12.6. The van der Waals surface area contributed by atoms with Crippen molar-refractivity contribution in [2.75, 3.05) is 7.05 Å². The summed E-state index contributed by atoms with van der Waals surface area (Å²) in [5.74, 6) is 0.941. The van der Waals surface area contributed by atoms with Crippen LogP contribution in [0.15, 0.2) is 17.3 Å². The number of unbranched alkanes of at least 4 members (excludes halogenated alkanes) is 37. The Morgan fingerprint density at radius 3 is 0.881 bits per heavy atom. The summed E-state index contributed by atoms with van der Waals surface area (Å²) in [7, 11) is 2.15. The van der Waals surface area contributed by atoms with Crippen LogP contribution in [-0.2, 0) is 0 Å². The Labute approximate surface area is 375 Å². The van der Waals surface area contributed by atoms with Gasteiger partial charge in [-0.3, -0.25) is 4.99 Å². The van der Waals surface area contributed by atoms with Gasteiger partial charge in [0.15, 0.2) is 0 Å². The van der Waals surface area contributed by atoms with E-state index < -0.39 is 0 Å². The van der Waals surface area contributed by atoms with Gasteiger partial charge in [0.1, 0.15) is 0 Å². The summed E-state index contributed by atoms with van der Waals surface area (Å²) < 4.78 is 0. The zero-order valence-electron chi connectivity index (χ0n) is 42.0. The van der Waals surface area contributed by atoms with Gasteiger partial charge in [0, 0.05) is 13.2 Å². The molecule has 0 bridgehead atoms. The monoisotopic (exact) mass is 827 g/mol. The van der Waals surface area contributed by atoms with Crippen molar-refractivity contribution in [3.63, 3.8) is 0 Å². The largest absolute Gasteiger partial charge is 0.343 e. The molecule has 0 aromatic carbocycles. The highest BCUT2D eigenvalue weighted by atomic mass is 15.1. The first-order chi connectivity index (χ1) is 29.2. The number of nitrogens with zero attached hydrogens (tertiary/aromatic N) is 2. The minimum absolute atomic E-state index is 0.498. The average molecular weight is 828 g/mol. The van der Waals surface area contributed by atoms with Gasteiger partial charge in [-0.05, 0) is 25.2 Å². The fourth-order valence-electron chi connectivity index (χ4n) is 9.35. The van der Waals surface area contributed by atoms with Crippen molar-refractivity contribution < 1.29 is 0 Å². The Bertz CT molecular complexity index is 774. The van der Waals surface area contributed by atoms with Gasteiger partial charge in [0.05, 0.1) is 12.4 Å². The molecular formula is C57H114N2. The highest BCUT2D eigenvalue weighted by Crippen LogP contribution is 2.26. The van der Waals surface area contributed by atoms with E-state index in [0.717, 1.165) is 12.3 Å². The molecule has 1 atom stereocenters. The lowest BCUT2D eigenvalue weighted by Gasteiger charge is -2.19. The molecule has 1 unspecified atom stereocenters. The van der Waals surface area contributed by atoms with E-state index in [4.69, 9.17) is 4.99 Å². The van der Waals surface area contributed by atoms with Crippen LogP contribution in [-0.4, -0.2) is 24.3 Å². The summed E-state index contributed by atoms with van der Waals surface area (Å²) in [6.45, 7) is 9.18. The lowest BCUT2D eigenvalue weighted by molar-refractivity contribution is 0.359. The van der Waals surface area contributed by atoms with Gasteiger partial charge in [0.25, 0.3) is 0 Å². The predicted octanol–water partition coefficient (Wildman–Crippen LogP) is 20.9. The van der Waals surface area contributed by atoms with Crippen LogP contribution in [0.4, 0.5) is 0 Å². The van der Waals surface area contributed by atoms with Crippen molar-refractivity contribution in [3.05, 3.63) is 12.3 Å². The first-order valence-corrected chi connectivity index (χ1v) is 28.1. The van der Waals surface area contributed by atoms with E-state index in [1.807, 2.05) is 0 Å². The topological polar surface area (TPSA) is 15.6 Å². The van der Waals surface area contributed by atoms with Gasteiger partial charge in [-0.1, -0.05) is 316 Å². The lowest BCUT2D eigenvalue weighted by Crippen LogP contribution is -2.13. The summed E-state index contributed by atoms with van der Waals surface area (Å²) in [6.07, 6.45) is 74.0. The van der Waals surface area contributed by atoms with Crippen LogP contribution in [0, 0.1) is 5.92 Å². The van der Waals surface area contributed by atoms with Crippen molar-refractivity contribution in [2.45, 2.75) is 336 Å². The minimum atomic E-state index is 0.498. The Morgan fingerprint density at radius 1 is 0.322 bits per heavy atom. The lowest BCUT2D eigenvalue weighted by atomic mass is 9.89. The van der Waals surface area contributed by atoms with E-state index >= 15 is 0 Å². The Balaban J connectivity index is 4.62. The van der Waals surface area contributed by atoms with Crippen LogP contribution in [0.25, 0.3) is 0 Å². The molecule has 59 heavy (non-hydrogen) atoms. The van der Waals surface area contributed by atoms with Gasteiger partial charge in [-0.2, -0.15) is 0 Å². The van der Waals surface area contributed by atoms with E-state index in [9.17, 15) is 0 Å². The second-order valence-corrected chi connectivity index (χ2v) is 19.6. The zero-order chi connectivity index (χ0) is 42.8. The zero-order valence-corrected chi connectivity index (χ0v) is 42.0. The molecule has 0 saturated heterocycles. The molecule has 0 aliphatic carbocycles. The SMILES string of the molecule is CC/C=C/N(C)/C=N/C(CCCCCCCCCCCCCCCCCC)CCCC(CCCCCCCCCCCCCC)CCCCCCCCCCCCCC. The van der Waals surface area contributed by atoms with Crippen LogP contribution in [0.3, 0.4) is 0 Å². The first-order valence-electron chi connectivity index (χ1n) is 28.1. The summed E-state index contributed by atoms with van der Waals surface area (Å²) >= 11 is 0. The standard InChI is InChI=1S/C57H114N2/c1-6-10-14-17-20-23-26-29-30-31-32-35-38-41-44-47-52-57(58-55-59(5)54-13-9-4)53-48-51-56(49-45-42-39-36-33-27-24-21-18-15-11-7-2)50-46-43-40-37-34-28-25-22-19-16-12-8-3/h13,54-57H,6-12,14-53H2,1-5H3/b54-13+,58-55+. The molecule has 0 amide bonds. The summed E-state index contributed by atoms with van der Waals surface area (Å²) in [4.78, 5) is 7.38. The molecule has 0 aromatic heterocycles. The summed E-state index contributed by atoms with van der Waals surface area (Å²) in [6, 6.07) is 0.498. The van der Waals surface area contributed by atoms with Crippen molar-refractivity contribution in [3.8, 4) is 0 Å². The predicted molar refractivity (Wildman–Crippen MR) is 272 cm³/mol. The molecule has 0 spiro atoms. The molecule has 2 nitrogen and oxygen atoms in total. The minimum Gasteiger partial charge on any atom is -0.343 e. The molecule has 2 heteroatoms. The van der Waals surface area contributed by atoms with Crippen molar-refractivity contribution >= 4 is 6.34 Å². The molecule has 0 aliphatic rings. The molecule has 0 saturated carbocycles. The Kier molecular flexibility index (Phi) is 50.9. The van der Waals surface area contributed by atoms with Gasteiger partial charge >= 0.3 is 0 Å². The molecule has 0 aliphatic heterocycles. The number of hydrogen-bond acceptors (Lipinski definition) is 1. The van der Waals surface area contributed by atoms with Crippen LogP contribution in [0.5, 0.6) is 0 Å². The molecular weight excluding hydrogens is 713 g/mol. The summed E-state index contributed by atoms with van der Waals surface area (Å²) in [5.41, 5.74) is 0. The van der Waals surface area contributed by atoms with Crippen molar-refractivity contribution in [1.29, 1.82) is 0 Å². The maximum atomic E-state index is 5.20. The summed E-state index contributed by atoms with van der Waals surface area (Å²) in [5, 5.41) is 0. The molecule has 0 radical (unpaired) electrons. The number of aliphatic imine (C=N–C) groups is 1. The molecule has 0 rings (SSSR count). The highest BCUT2D eigenvalue weighted by molar-refractivity contribution is 5.56. The Morgan fingerprint density at radius 2 is 0.576 bits per heavy atom. The van der Waals surface area contributed by atoms with Crippen LogP contribution < -0.4 is 0 Å². The molecule has 0 heterocycles. The molecule has 352 valence electrons. The van der Waals surface area contributed by atoms with Crippen molar-refractivity contribution in [2.24, 2.45) is 10.9 Å². The molecule has 0 aromatic rings. The van der Waals surface area contributed by atoms with Crippen LogP contribution in [0.1, 0.15) is 329 Å². The number of hydrogen-bond donors (Lipinski definition) is 0. The van der Waals surface area contributed by atoms with E-state index in [2.05, 4.69) is 58.3 Å². The van der Waals surface area contributed by atoms with Gasteiger partial charge < -0.3 is 4.90 Å². The second kappa shape index (κ2) is 51.6. The fraction of sp³-hybridized carbons (Fsp3) is 0.947. The molecule has 0 N–H and O–H groups in total. The van der Waals surface area contributed by atoms with E-state index in [1.54, 1.807) is 0 Å². The second-order valence-electron chi connectivity index (χ2n) is 19.6. The van der Waals surface area contributed by atoms with Crippen molar-refractivity contribution in [1.82, 2.24) is 4.90 Å². The quantitative estimate of drug-likeness (QED) is 0.0339. The maximum absolute atomic E-state index is 5.20. The third-order valence-electron chi connectivity index (χ3n) is 13.5. The van der Waals surface area contributed by atoms with E-state index in [-0.39, 0.29) is 0 Å². The van der Waals surface area contributed by atoms with E-state index in [0.29, 0.717) is 6.04 Å². The third kappa shape index (κ3) is 48.1. The fourth-order valence-corrected chi connectivity index (χ4v) is 9.35. The number of allylic oxidation sites excluding steroid dienone is 1. The highest BCUT2D eigenvalue weighted by Gasteiger charge is 2.12. The first kappa shape index (κ1) is 58.2. The maximum Gasteiger partial charge on any atom is 0.0890 e. The van der Waals surface area contributed by atoms with Gasteiger partial charge in [0.2, 0.25) is 0 Å². The van der Waals surface area contributed by atoms with Crippen LogP contribution in [0.2, 0.25) is 0 Å². The smallest absolute Gasteiger partial charge is 0.0890 e. The van der Waals surface area contributed by atoms with Gasteiger partial charge in [-0.15, -0.1) is 0 Å². The van der Waals surface area contributed by atoms with Crippen LogP contribution >= 0.6 is 0 Å². The third-order valence-corrected chi connectivity index (χ3v) is 13.5. The molecule has 0 fully saturated rings. The Hall–Kier alpha value is -0.790. The van der Waals surface area contributed by atoms with E-state index in [1.165, 1.54) is 295 Å². The number of rotatable bonds is 51. The van der Waals surface area contributed by atoms with Gasteiger partial charge in [-0.25, -0.2) is 0 Å².